The Morgan fingerprint density at radius 3 is 2.69 bits per heavy atom. The van der Waals surface area contributed by atoms with Crippen molar-refractivity contribution < 1.29 is 4.79 Å². The largest absolute Gasteiger partial charge is 0.341 e. The van der Waals surface area contributed by atoms with Crippen molar-refractivity contribution in [3.05, 3.63) is 0 Å². The highest BCUT2D eigenvalue weighted by molar-refractivity contribution is 5.84. The van der Waals surface area contributed by atoms with Gasteiger partial charge in [0.1, 0.15) is 0 Å². The Bertz CT molecular complexity index is 255. The molecule has 1 saturated heterocycles. The summed E-state index contributed by atoms with van der Waals surface area (Å²) in [6, 6.07) is 0.0963. The number of likely N-dealkylation sites (N-methyl/N-ethyl adjacent to an activating group) is 1. The molecule has 3 heteroatoms. The van der Waals surface area contributed by atoms with Gasteiger partial charge in [0, 0.05) is 13.1 Å². The Labute approximate surface area is 98.6 Å². The summed E-state index contributed by atoms with van der Waals surface area (Å²) in [4.78, 5) is 14.2. The summed E-state index contributed by atoms with van der Waals surface area (Å²) in [5, 5.41) is 3.27. The second-order valence-corrected chi connectivity index (χ2v) is 5.37. The lowest BCUT2D eigenvalue weighted by Crippen LogP contribution is -2.45. The predicted octanol–water partition coefficient (Wildman–Crippen LogP) is 1.78. The van der Waals surface area contributed by atoms with Crippen molar-refractivity contribution in [2.75, 3.05) is 19.6 Å². The predicted molar refractivity (Wildman–Crippen MR) is 65.2 cm³/mol. The second-order valence-electron chi connectivity index (χ2n) is 5.37. The highest BCUT2D eigenvalue weighted by Gasteiger charge is 2.40. The SMILES string of the molecule is CCNC1CCN(CC2(CC)CCC2)C1=O. The number of hydrogen-bond donors (Lipinski definition) is 1. The van der Waals surface area contributed by atoms with Crippen molar-refractivity contribution in [3.63, 3.8) is 0 Å². The number of nitrogens with one attached hydrogen (secondary N) is 1. The molecule has 92 valence electrons. The molecule has 0 radical (unpaired) electrons. The van der Waals surface area contributed by atoms with Crippen LogP contribution in [0, 0.1) is 5.41 Å². The molecule has 1 atom stereocenters. The minimum Gasteiger partial charge on any atom is -0.341 e. The van der Waals surface area contributed by atoms with Gasteiger partial charge in [-0.3, -0.25) is 4.79 Å². The molecule has 2 rings (SSSR count). The van der Waals surface area contributed by atoms with Crippen LogP contribution in [-0.4, -0.2) is 36.5 Å². The molecule has 16 heavy (non-hydrogen) atoms. The van der Waals surface area contributed by atoms with Crippen molar-refractivity contribution in [1.82, 2.24) is 10.2 Å². The zero-order valence-electron chi connectivity index (χ0n) is 10.6. The van der Waals surface area contributed by atoms with Gasteiger partial charge in [-0.15, -0.1) is 0 Å². The van der Waals surface area contributed by atoms with E-state index < -0.39 is 0 Å². The summed E-state index contributed by atoms with van der Waals surface area (Å²) in [6.45, 7) is 7.18. The quantitative estimate of drug-likeness (QED) is 0.772. The van der Waals surface area contributed by atoms with Crippen molar-refractivity contribution >= 4 is 5.91 Å². The maximum absolute atomic E-state index is 12.1. The van der Waals surface area contributed by atoms with E-state index in [2.05, 4.69) is 24.1 Å². The lowest BCUT2D eigenvalue weighted by atomic mass is 9.67. The Balaban J connectivity index is 1.89. The number of hydrogen-bond acceptors (Lipinski definition) is 2. The van der Waals surface area contributed by atoms with Crippen molar-refractivity contribution in [1.29, 1.82) is 0 Å². The van der Waals surface area contributed by atoms with Crippen molar-refractivity contribution in [3.8, 4) is 0 Å². The molecule has 1 saturated carbocycles. The Morgan fingerprint density at radius 2 is 2.19 bits per heavy atom. The minimum atomic E-state index is 0.0963. The first kappa shape index (κ1) is 11.9. The third-order valence-corrected chi connectivity index (χ3v) is 4.44. The summed E-state index contributed by atoms with van der Waals surface area (Å²) in [7, 11) is 0. The molecule has 0 aromatic carbocycles. The van der Waals surface area contributed by atoms with E-state index in [4.69, 9.17) is 0 Å². The van der Waals surface area contributed by atoms with E-state index >= 15 is 0 Å². The molecular weight excluding hydrogens is 200 g/mol. The topological polar surface area (TPSA) is 32.3 Å². The van der Waals surface area contributed by atoms with Gasteiger partial charge in [0.05, 0.1) is 6.04 Å². The van der Waals surface area contributed by atoms with Crippen LogP contribution in [0.2, 0.25) is 0 Å². The van der Waals surface area contributed by atoms with Crippen LogP contribution in [0.4, 0.5) is 0 Å². The number of likely N-dealkylation sites (tertiary alicyclic amines) is 1. The average molecular weight is 224 g/mol. The van der Waals surface area contributed by atoms with E-state index in [0.717, 1.165) is 26.1 Å². The molecule has 1 unspecified atom stereocenters. The first-order chi connectivity index (χ1) is 7.71. The van der Waals surface area contributed by atoms with Gasteiger partial charge in [-0.1, -0.05) is 20.3 Å². The molecule has 1 amide bonds. The van der Waals surface area contributed by atoms with Crippen LogP contribution < -0.4 is 5.32 Å². The van der Waals surface area contributed by atoms with Gasteiger partial charge < -0.3 is 10.2 Å². The summed E-state index contributed by atoms with van der Waals surface area (Å²) in [5.74, 6) is 0.335. The smallest absolute Gasteiger partial charge is 0.239 e. The summed E-state index contributed by atoms with van der Waals surface area (Å²) in [5.41, 5.74) is 0.469. The summed E-state index contributed by atoms with van der Waals surface area (Å²) < 4.78 is 0. The van der Waals surface area contributed by atoms with Gasteiger partial charge >= 0.3 is 0 Å². The average Bonchev–Trinajstić information content (AvgIpc) is 2.56. The lowest BCUT2D eigenvalue weighted by molar-refractivity contribution is -0.131. The summed E-state index contributed by atoms with van der Waals surface area (Å²) in [6.07, 6.45) is 6.21. The Morgan fingerprint density at radius 1 is 1.44 bits per heavy atom. The van der Waals surface area contributed by atoms with E-state index in [0.29, 0.717) is 11.3 Å². The molecule has 1 aliphatic carbocycles. The zero-order chi connectivity index (χ0) is 11.6. The first-order valence-electron chi connectivity index (χ1n) is 6.73. The van der Waals surface area contributed by atoms with Crippen LogP contribution >= 0.6 is 0 Å². The zero-order valence-corrected chi connectivity index (χ0v) is 10.6. The van der Waals surface area contributed by atoms with Gasteiger partial charge in [0.2, 0.25) is 5.91 Å². The maximum atomic E-state index is 12.1. The highest BCUT2D eigenvalue weighted by Crippen LogP contribution is 2.44. The molecule has 0 bridgehead atoms. The second kappa shape index (κ2) is 4.74. The molecule has 0 spiro atoms. The van der Waals surface area contributed by atoms with Crippen LogP contribution in [0.5, 0.6) is 0 Å². The van der Waals surface area contributed by atoms with Crippen molar-refractivity contribution in [2.24, 2.45) is 5.41 Å². The fourth-order valence-electron chi connectivity index (χ4n) is 3.04. The van der Waals surface area contributed by atoms with Crippen LogP contribution in [-0.2, 0) is 4.79 Å². The molecule has 1 aliphatic heterocycles. The van der Waals surface area contributed by atoms with Gasteiger partial charge in [0.15, 0.2) is 0 Å². The van der Waals surface area contributed by atoms with E-state index in [9.17, 15) is 4.79 Å². The highest BCUT2D eigenvalue weighted by atomic mass is 16.2. The lowest BCUT2D eigenvalue weighted by Gasteiger charge is -2.43. The van der Waals surface area contributed by atoms with Gasteiger partial charge in [-0.25, -0.2) is 0 Å². The number of rotatable bonds is 5. The monoisotopic (exact) mass is 224 g/mol. The fourth-order valence-corrected chi connectivity index (χ4v) is 3.04. The summed E-state index contributed by atoms with van der Waals surface area (Å²) >= 11 is 0. The van der Waals surface area contributed by atoms with Crippen LogP contribution in [0.1, 0.15) is 46.0 Å². The van der Waals surface area contributed by atoms with Crippen molar-refractivity contribution in [2.45, 2.75) is 52.0 Å². The molecule has 2 aliphatic rings. The minimum absolute atomic E-state index is 0.0963. The van der Waals surface area contributed by atoms with E-state index in [1.54, 1.807) is 0 Å². The van der Waals surface area contributed by atoms with Gasteiger partial charge in [0.25, 0.3) is 0 Å². The van der Waals surface area contributed by atoms with Gasteiger partial charge in [-0.05, 0) is 37.6 Å². The number of amides is 1. The van der Waals surface area contributed by atoms with Crippen LogP contribution in [0.15, 0.2) is 0 Å². The maximum Gasteiger partial charge on any atom is 0.239 e. The number of carbonyl (C=O) groups excluding carboxylic acids is 1. The normalized spacial score (nSPS) is 28.2. The fraction of sp³-hybridized carbons (Fsp3) is 0.923. The van der Waals surface area contributed by atoms with E-state index in [1.165, 1.54) is 25.7 Å². The van der Waals surface area contributed by atoms with Crippen LogP contribution in [0.3, 0.4) is 0 Å². The molecule has 2 fully saturated rings. The first-order valence-corrected chi connectivity index (χ1v) is 6.73. The molecule has 1 N–H and O–H groups in total. The third-order valence-electron chi connectivity index (χ3n) is 4.44. The van der Waals surface area contributed by atoms with E-state index in [-0.39, 0.29) is 6.04 Å². The number of carbonyl (C=O) groups is 1. The molecule has 1 heterocycles. The third kappa shape index (κ3) is 2.10. The Kier molecular flexibility index (Phi) is 3.53. The van der Waals surface area contributed by atoms with Crippen LogP contribution in [0.25, 0.3) is 0 Å². The number of nitrogens with zero attached hydrogens (tertiary/aromatic N) is 1. The molecule has 3 nitrogen and oxygen atoms in total. The molecule has 0 aromatic heterocycles. The molecular formula is C13H24N2O. The molecule has 0 aromatic rings. The van der Waals surface area contributed by atoms with E-state index in [1.807, 2.05) is 0 Å². The Hall–Kier alpha value is -0.570. The van der Waals surface area contributed by atoms with Gasteiger partial charge in [-0.2, -0.15) is 0 Å². The standard InChI is InChI=1S/C13H24N2O/c1-3-13(7-5-8-13)10-15-9-6-11(12(15)16)14-4-2/h11,14H,3-10H2,1-2H3.